The number of rotatable bonds is 47. The van der Waals surface area contributed by atoms with Crippen LogP contribution < -0.4 is 0 Å². The summed E-state index contributed by atoms with van der Waals surface area (Å²) >= 11 is 0. The first-order chi connectivity index (χ1) is 35.0. The normalized spacial score (nSPS) is 13.1. The van der Waals surface area contributed by atoms with Gasteiger partial charge in [-0.3, -0.25) is 14.4 Å². The fraction of sp³-hybridized carbons (Fsp3) is 0.523. The molecule has 0 saturated carbocycles. The molecule has 0 spiro atoms. The van der Waals surface area contributed by atoms with Gasteiger partial charge < -0.3 is 14.2 Å². The van der Waals surface area contributed by atoms with Crippen molar-refractivity contribution < 1.29 is 28.6 Å². The number of hydrogen-bond donors (Lipinski definition) is 0. The molecular weight excluding hydrogens is 877 g/mol. The quantitative estimate of drug-likeness (QED) is 0.0262. The lowest BCUT2D eigenvalue weighted by Gasteiger charge is -2.18. The zero-order valence-corrected chi connectivity index (χ0v) is 44.9. The van der Waals surface area contributed by atoms with Crippen molar-refractivity contribution in [3.05, 3.63) is 170 Å². The van der Waals surface area contributed by atoms with Crippen LogP contribution in [0.3, 0.4) is 0 Å². The van der Waals surface area contributed by atoms with Crippen molar-refractivity contribution >= 4 is 17.9 Å². The minimum absolute atomic E-state index is 0.166. The van der Waals surface area contributed by atoms with Crippen LogP contribution in [0, 0.1) is 0 Å². The molecule has 6 heteroatoms. The molecule has 0 atom stereocenters. The van der Waals surface area contributed by atoms with Gasteiger partial charge in [0.2, 0.25) is 0 Å². The van der Waals surface area contributed by atoms with Crippen LogP contribution in [0.2, 0.25) is 0 Å². The second kappa shape index (κ2) is 57.3. The lowest BCUT2D eigenvalue weighted by atomic mass is 10.2. The molecule has 0 rings (SSSR count). The first-order valence-electron chi connectivity index (χ1n) is 27.6. The predicted octanol–water partition coefficient (Wildman–Crippen LogP) is 18.8. The van der Waals surface area contributed by atoms with Gasteiger partial charge >= 0.3 is 17.9 Å². The number of carbonyl (C=O) groups excluding carboxylic acids is 3. The van der Waals surface area contributed by atoms with E-state index in [1.54, 1.807) is 0 Å². The average molecular weight is 975 g/mol. The number of carbonyl (C=O) groups is 3. The van der Waals surface area contributed by atoms with Gasteiger partial charge in [-0.1, -0.05) is 217 Å². The van der Waals surface area contributed by atoms with E-state index in [1.807, 2.05) is 24.3 Å². The minimum atomic E-state index is -0.870. The standard InChI is InChI=1S/C65H98O6/c1-4-7-10-13-16-19-22-25-28-30-32-34-37-39-42-45-48-51-54-57-63(66)69-60-62(71-65(68)59-56-53-50-47-44-41-36-27-24-21-18-15-12-9-6-3)61-70-64(67)58-55-52-49-46-43-40-38-35-33-31-29-26-23-20-17-14-11-8-5-2/h9,12,16-21,25-29,32-36,39-40,42-44,47-49,51-52,62H,4-8,10-11,13-15,22-24,30-31,37-38,41,45-46,50,53-61H2,1-3H3/b12-9-,19-16-,20-17-,21-18-,28-25-,29-26-,34-32-,35-33-,36-27-,42-39-,43-40-,47-44-,51-48-,52-49-. The summed E-state index contributed by atoms with van der Waals surface area (Å²) < 4.78 is 16.6. The maximum Gasteiger partial charge on any atom is 0.306 e. The lowest BCUT2D eigenvalue weighted by molar-refractivity contribution is -0.166. The maximum absolute atomic E-state index is 12.8. The van der Waals surface area contributed by atoms with Crippen LogP contribution in [-0.2, 0) is 28.6 Å². The van der Waals surface area contributed by atoms with Crippen molar-refractivity contribution in [3.63, 3.8) is 0 Å². The van der Waals surface area contributed by atoms with E-state index in [0.29, 0.717) is 19.3 Å². The molecule has 6 nitrogen and oxygen atoms in total. The fourth-order valence-corrected chi connectivity index (χ4v) is 6.57. The third-order valence-corrected chi connectivity index (χ3v) is 10.7. The van der Waals surface area contributed by atoms with Crippen LogP contribution in [0.15, 0.2) is 170 Å². The summed E-state index contributed by atoms with van der Waals surface area (Å²) in [5, 5.41) is 0. The number of esters is 3. The van der Waals surface area contributed by atoms with Crippen molar-refractivity contribution in [2.24, 2.45) is 0 Å². The Balaban J connectivity index is 4.70. The van der Waals surface area contributed by atoms with E-state index in [9.17, 15) is 14.4 Å². The molecule has 0 unspecified atom stereocenters. The molecule has 0 radical (unpaired) electrons. The van der Waals surface area contributed by atoms with E-state index in [-0.39, 0.29) is 32.5 Å². The lowest BCUT2D eigenvalue weighted by Crippen LogP contribution is -2.30. The van der Waals surface area contributed by atoms with Gasteiger partial charge in [0.25, 0.3) is 0 Å². The summed E-state index contributed by atoms with van der Waals surface area (Å²) in [5.74, 6) is -1.18. The van der Waals surface area contributed by atoms with E-state index in [4.69, 9.17) is 14.2 Å². The molecule has 0 amide bonds. The monoisotopic (exact) mass is 975 g/mol. The van der Waals surface area contributed by atoms with Crippen molar-refractivity contribution in [2.45, 2.75) is 207 Å². The molecule has 0 aliphatic carbocycles. The second-order valence-corrected chi connectivity index (χ2v) is 17.4. The molecule has 0 N–H and O–H groups in total. The third kappa shape index (κ3) is 55.6. The molecule has 0 aromatic heterocycles. The number of ether oxygens (including phenoxy) is 3. The molecule has 0 saturated heterocycles. The van der Waals surface area contributed by atoms with Gasteiger partial charge in [-0.2, -0.15) is 0 Å². The van der Waals surface area contributed by atoms with Crippen LogP contribution in [0.4, 0.5) is 0 Å². The first-order valence-corrected chi connectivity index (χ1v) is 27.6. The minimum Gasteiger partial charge on any atom is -0.462 e. The zero-order valence-electron chi connectivity index (χ0n) is 44.9. The van der Waals surface area contributed by atoms with Gasteiger partial charge in [0.05, 0.1) is 0 Å². The Labute approximate surface area is 434 Å². The highest BCUT2D eigenvalue weighted by atomic mass is 16.6. The summed E-state index contributed by atoms with van der Waals surface area (Å²) in [6, 6.07) is 0. The maximum atomic E-state index is 12.8. The van der Waals surface area contributed by atoms with Gasteiger partial charge in [-0.15, -0.1) is 0 Å². The zero-order chi connectivity index (χ0) is 51.4. The molecule has 0 aromatic rings. The highest BCUT2D eigenvalue weighted by Crippen LogP contribution is 2.09. The van der Waals surface area contributed by atoms with Crippen LogP contribution in [0.1, 0.15) is 201 Å². The fourth-order valence-electron chi connectivity index (χ4n) is 6.57. The van der Waals surface area contributed by atoms with Gasteiger partial charge in [0.15, 0.2) is 6.10 Å². The number of unbranched alkanes of at least 4 members (excludes halogenated alkanes) is 8. The molecular formula is C65H98O6. The van der Waals surface area contributed by atoms with Gasteiger partial charge in [-0.25, -0.2) is 0 Å². The first kappa shape index (κ1) is 65.8. The smallest absolute Gasteiger partial charge is 0.306 e. The second-order valence-electron chi connectivity index (χ2n) is 17.4. The molecule has 0 fully saturated rings. The summed E-state index contributed by atoms with van der Waals surface area (Å²) in [5.41, 5.74) is 0. The molecule has 394 valence electrons. The van der Waals surface area contributed by atoms with Crippen LogP contribution in [0.5, 0.6) is 0 Å². The summed E-state index contributed by atoms with van der Waals surface area (Å²) in [6.07, 6.45) is 85.1. The Hall–Kier alpha value is -5.23. The van der Waals surface area contributed by atoms with E-state index in [1.165, 1.54) is 51.4 Å². The van der Waals surface area contributed by atoms with E-state index < -0.39 is 24.0 Å². The van der Waals surface area contributed by atoms with E-state index in [0.717, 1.165) is 89.9 Å². The highest BCUT2D eigenvalue weighted by Gasteiger charge is 2.19. The van der Waals surface area contributed by atoms with Crippen LogP contribution >= 0.6 is 0 Å². The largest absolute Gasteiger partial charge is 0.462 e. The van der Waals surface area contributed by atoms with Crippen LogP contribution in [0.25, 0.3) is 0 Å². The summed E-state index contributed by atoms with van der Waals surface area (Å²) in [7, 11) is 0. The number of hydrogen-bond acceptors (Lipinski definition) is 6. The Bertz CT molecular complexity index is 1600. The Morgan fingerprint density at radius 2 is 0.563 bits per heavy atom. The third-order valence-electron chi connectivity index (χ3n) is 10.7. The Kier molecular flexibility index (Phi) is 53.1. The molecule has 71 heavy (non-hydrogen) atoms. The van der Waals surface area contributed by atoms with E-state index in [2.05, 4.69) is 167 Å². The molecule has 0 aromatic carbocycles. The van der Waals surface area contributed by atoms with Gasteiger partial charge in [0, 0.05) is 19.3 Å². The van der Waals surface area contributed by atoms with Gasteiger partial charge in [-0.05, 0) is 135 Å². The summed E-state index contributed by atoms with van der Waals surface area (Å²) in [4.78, 5) is 38.0. The van der Waals surface area contributed by atoms with Crippen molar-refractivity contribution in [1.82, 2.24) is 0 Å². The van der Waals surface area contributed by atoms with Crippen molar-refractivity contribution in [3.8, 4) is 0 Å². The Morgan fingerprint density at radius 3 is 0.859 bits per heavy atom. The summed E-state index contributed by atoms with van der Waals surface area (Å²) in [6.45, 7) is 6.27. The van der Waals surface area contributed by atoms with E-state index >= 15 is 0 Å². The molecule has 0 aliphatic rings. The van der Waals surface area contributed by atoms with Crippen molar-refractivity contribution in [2.75, 3.05) is 13.2 Å². The number of allylic oxidation sites excluding steroid dienone is 28. The predicted molar refractivity (Wildman–Crippen MR) is 306 cm³/mol. The SMILES string of the molecule is CC/C=C\C/C=C\C/C=C\C/C=C\CCCCC(=O)OC(COC(=O)CC/C=C\C/C=C\C/C=C\C/C=C\C/C=C\CCCCC)COC(=O)CC/C=C\C/C=C\C/C=C\C/C=C\C/C=C\CCCCC. The Morgan fingerprint density at radius 1 is 0.296 bits per heavy atom. The average Bonchev–Trinajstić information content (AvgIpc) is 3.37. The topological polar surface area (TPSA) is 78.9 Å². The molecule has 0 bridgehead atoms. The molecule has 0 heterocycles. The highest BCUT2D eigenvalue weighted by molar-refractivity contribution is 5.71. The van der Waals surface area contributed by atoms with Gasteiger partial charge in [0.1, 0.15) is 13.2 Å². The molecule has 0 aliphatic heterocycles. The van der Waals surface area contributed by atoms with Crippen LogP contribution in [-0.4, -0.2) is 37.2 Å². The van der Waals surface area contributed by atoms with Crippen molar-refractivity contribution in [1.29, 1.82) is 0 Å².